The molecule has 0 aromatic heterocycles. The lowest BCUT2D eigenvalue weighted by Gasteiger charge is -2.63. The molecular formula is C36H42. The largest absolute Gasteiger partial charge is 0.0955 e. The highest BCUT2D eigenvalue weighted by Gasteiger charge is 2.61. The zero-order valence-electron chi connectivity index (χ0n) is 23.7. The Balaban J connectivity index is 1.82. The van der Waals surface area contributed by atoms with Crippen LogP contribution >= 0.6 is 0 Å². The molecule has 0 amide bonds. The third kappa shape index (κ3) is 2.94. The molecule has 2 aromatic rings. The quantitative estimate of drug-likeness (QED) is 0.406. The van der Waals surface area contributed by atoms with E-state index in [0.717, 1.165) is 18.4 Å². The van der Waals surface area contributed by atoms with Crippen LogP contribution in [0.1, 0.15) is 83.9 Å². The number of hydrogen-bond donors (Lipinski definition) is 0. The van der Waals surface area contributed by atoms with Gasteiger partial charge in [0, 0.05) is 10.8 Å². The van der Waals surface area contributed by atoms with Crippen molar-refractivity contribution in [3.05, 3.63) is 112 Å². The molecule has 0 aliphatic heterocycles. The van der Waals surface area contributed by atoms with Crippen LogP contribution in [0.5, 0.6) is 0 Å². The van der Waals surface area contributed by atoms with Gasteiger partial charge in [-0.05, 0) is 102 Å². The molecule has 0 saturated carbocycles. The third-order valence-corrected chi connectivity index (χ3v) is 10.6. The Morgan fingerprint density at radius 2 is 1.58 bits per heavy atom. The fourth-order valence-electron chi connectivity index (χ4n) is 8.67. The van der Waals surface area contributed by atoms with Crippen LogP contribution in [0.2, 0.25) is 0 Å². The van der Waals surface area contributed by atoms with Crippen LogP contribution in [0.4, 0.5) is 0 Å². The Kier molecular flexibility index (Phi) is 5.39. The van der Waals surface area contributed by atoms with E-state index in [4.69, 9.17) is 13.2 Å². The van der Waals surface area contributed by atoms with E-state index in [9.17, 15) is 0 Å². The molecule has 0 nitrogen and oxygen atoms in total. The Labute approximate surface area is 219 Å². The minimum Gasteiger partial charge on any atom is -0.0955 e. The van der Waals surface area contributed by atoms with Crippen LogP contribution in [-0.2, 0) is 0 Å². The SMILES string of the molecule is C=C(C)C1=C(C)C[C@@]2(C)C[C@]3(C)C(=C(C)[C@@]2(C)C1=C)C(=C)c1c(C)ccc(-c2ccccc2)c1[C@H]3C. The van der Waals surface area contributed by atoms with Gasteiger partial charge in [-0.3, -0.25) is 0 Å². The van der Waals surface area contributed by atoms with Gasteiger partial charge in [0.1, 0.15) is 0 Å². The van der Waals surface area contributed by atoms with Gasteiger partial charge < -0.3 is 0 Å². The Hall–Kier alpha value is -2.86. The van der Waals surface area contributed by atoms with Crippen molar-refractivity contribution in [2.45, 2.75) is 74.1 Å². The van der Waals surface area contributed by atoms with E-state index in [-0.39, 0.29) is 16.2 Å². The first kappa shape index (κ1) is 24.8. The van der Waals surface area contributed by atoms with Crippen LogP contribution in [0.3, 0.4) is 0 Å². The van der Waals surface area contributed by atoms with Gasteiger partial charge in [0.05, 0.1) is 0 Å². The molecule has 0 heterocycles. The van der Waals surface area contributed by atoms with Gasteiger partial charge in [-0.2, -0.15) is 0 Å². The molecule has 3 aliphatic carbocycles. The molecule has 0 spiro atoms. The molecule has 4 atom stereocenters. The summed E-state index contributed by atoms with van der Waals surface area (Å²) < 4.78 is 0. The van der Waals surface area contributed by atoms with E-state index in [0.29, 0.717) is 5.92 Å². The van der Waals surface area contributed by atoms with E-state index in [1.807, 2.05) is 0 Å². The standard InChI is InChI=1S/C36H42/c1-21(2)30-23(4)19-34(9)20-35(10)25(6)32-29(28-15-13-12-14-16-28)18-17-22(3)31(32)24(5)33(35)27(8)36(34,11)26(30)7/h12-18,25H,1,5,7,19-20H2,2-4,6,8-11H3/t25-,34+,35+,36-/m1/s1. The Morgan fingerprint density at radius 1 is 0.944 bits per heavy atom. The molecule has 0 N–H and O–H groups in total. The maximum atomic E-state index is 4.83. The van der Waals surface area contributed by atoms with Gasteiger partial charge >= 0.3 is 0 Å². The van der Waals surface area contributed by atoms with E-state index in [1.165, 1.54) is 61.3 Å². The summed E-state index contributed by atoms with van der Waals surface area (Å²) in [5, 5.41) is 0. The lowest BCUT2D eigenvalue weighted by atomic mass is 9.40. The topological polar surface area (TPSA) is 0 Å². The monoisotopic (exact) mass is 474 g/mol. The Morgan fingerprint density at radius 3 is 2.19 bits per heavy atom. The minimum atomic E-state index is -0.124. The first-order valence-corrected chi connectivity index (χ1v) is 13.5. The number of aryl methyl sites for hydroxylation is 1. The first-order chi connectivity index (χ1) is 16.8. The molecule has 36 heavy (non-hydrogen) atoms. The van der Waals surface area contributed by atoms with Gasteiger partial charge in [0.2, 0.25) is 0 Å². The maximum absolute atomic E-state index is 4.83. The summed E-state index contributed by atoms with van der Waals surface area (Å²) in [7, 11) is 0. The van der Waals surface area contributed by atoms with E-state index in [1.54, 1.807) is 0 Å². The van der Waals surface area contributed by atoms with Crippen LogP contribution < -0.4 is 0 Å². The summed E-state index contributed by atoms with van der Waals surface area (Å²) in [6.45, 7) is 33.0. The van der Waals surface area contributed by atoms with Crippen LogP contribution in [0, 0.1) is 23.2 Å². The lowest BCUT2D eigenvalue weighted by molar-refractivity contribution is 0.0445. The summed E-state index contributed by atoms with van der Waals surface area (Å²) in [5.74, 6) is 0.375. The normalized spacial score (nSPS) is 31.7. The average Bonchev–Trinajstić information content (AvgIpc) is 2.80. The van der Waals surface area contributed by atoms with Crippen molar-refractivity contribution in [3.63, 3.8) is 0 Å². The van der Waals surface area contributed by atoms with E-state index >= 15 is 0 Å². The van der Waals surface area contributed by atoms with Crippen molar-refractivity contribution >= 4 is 5.57 Å². The molecule has 0 saturated heterocycles. The molecular weight excluding hydrogens is 432 g/mol. The number of hydrogen-bond acceptors (Lipinski definition) is 0. The van der Waals surface area contributed by atoms with Gasteiger partial charge in [-0.25, -0.2) is 0 Å². The van der Waals surface area contributed by atoms with Crippen molar-refractivity contribution in [1.82, 2.24) is 0 Å². The molecule has 3 aliphatic rings. The predicted molar refractivity (Wildman–Crippen MR) is 157 cm³/mol. The molecule has 186 valence electrons. The van der Waals surface area contributed by atoms with Crippen molar-refractivity contribution in [3.8, 4) is 11.1 Å². The molecule has 0 heteroatoms. The lowest BCUT2D eigenvalue weighted by Crippen LogP contribution is -2.53. The summed E-state index contributed by atoms with van der Waals surface area (Å²) in [6.07, 6.45) is 2.20. The second-order valence-corrected chi connectivity index (χ2v) is 12.7. The summed E-state index contributed by atoms with van der Waals surface area (Å²) in [4.78, 5) is 0. The highest BCUT2D eigenvalue weighted by Crippen LogP contribution is 2.72. The number of benzene rings is 2. The van der Waals surface area contributed by atoms with Gasteiger partial charge in [-0.1, -0.05) is 107 Å². The van der Waals surface area contributed by atoms with Crippen molar-refractivity contribution in [2.75, 3.05) is 0 Å². The smallest absolute Gasteiger partial charge is 0.0194 e. The molecule has 5 rings (SSSR count). The highest BCUT2D eigenvalue weighted by molar-refractivity contribution is 5.91. The molecule has 0 radical (unpaired) electrons. The van der Waals surface area contributed by atoms with Gasteiger partial charge in [-0.15, -0.1) is 0 Å². The zero-order valence-corrected chi connectivity index (χ0v) is 23.7. The third-order valence-electron chi connectivity index (χ3n) is 10.6. The first-order valence-electron chi connectivity index (χ1n) is 13.5. The number of allylic oxidation sites excluding steroid dienone is 7. The predicted octanol–water partition coefficient (Wildman–Crippen LogP) is 10.4. The Bertz CT molecular complexity index is 1410. The number of rotatable bonds is 2. The molecule has 2 aromatic carbocycles. The van der Waals surface area contributed by atoms with Crippen molar-refractivity contribution in [2.24, 2.45) is 16.2 Å². The van der Waals surface area contributed by atoms with Crippen molar-refractivity contribution < 1.29 is 0 Å². The molecule has 0 fully saturated rings. The van der Waals surface area contributed by atoms with E-state index < -0.39 is 0 Å². The summed E-state index contributed by atoms with van der Waals surface area (Å²) >= 11 is 0. The zero-order chi connectivity index (χ0) is 26.4. The van der Waals surface area contributed by atoms with Crippen molar-refractivity contribution in [1.29, 1.82) is 0 Å². The van der Waals surface area contributed by atoms with Gasteiger partial charge in [0.25, 0.3) is 0 Å². The average molecular weight is 475 g/mol. The molecule has 0 unspecified atom stereocenters. The van der Waals surface area contributed by atoms with Crippen LogP contribution in [0.25, 0.3) is 16.7 Å². The van der Waals surface area contributed by atoms with Crippen LogP contribution in [0.15, 0.2) is 95.6 Å². The van der Waals surface area contributed by atoms with Crippen LogP contribution in [-0.4, -0.2) is 0 Å². The van der Waals surface area contributed by atoms with Gasteiger partial charge in [0.15, 0.2) is 0 Å². The maximum Gasteiger partial charge on any atom is 0.0194 e. The second-order valence-electron chi connectivity index (χ2n) is 12.7. The number of fused-ring (bicyclic) bond motifs is 3. The fourth-order valence-corrected chi connectivity index (χ4v) is 8.67. The molecule has 0 bridgehead atoms. The second kappa shape index (κ2) is 7.82. The highest BCUT2D eigenvalue weighted by atomic mass is 14.6. The summed E-state index contributed by atoms with van der Waals surface area (Å²) in [5.41, 5.74) is 16.0. The van der Waals surface area contributed by atoms with E-state index in [2.05, 4.69) is 104 Å². The summed E-state index contributed by atoms with van der Waals surface area (Å²) in [6, 6.07) is 15.5. The minimum absolute atomic E-state index is 0.00103. The fraction of sp³-hybridized carbons (Fsp3) is 0.389.